The van der Waals surface area contributed by atoms with Crippen molar-refractivity contribution in [3.8, 4) is 11.8 Å². The molecule has 1 aliphatic heterocycles. The zero-order valence-corrected chi connectivity index (χ0v) is 48.2. The van der Waals surface area contributed by atoms with Crippen molar-refractivity contribution in [2.45, 2.75) is 316 Å². The summed E-state index contributed by atoms with van der Waals surface area (Å²) in [6.45, 7) is 13.6. The maximum atomic E-state index is 12.1. The Kier molecular flexibility index (Phi) is 42.2. The number of hydrogen-bond acceptors (Lipinski definition) is 0. The van der Waals surface area contributed by atoms with Crippen LogP contribution in [0.25, 0.3) is 16.9 Å². The van der Waals surface area contributed by atoms with Crippen LogP contribution in [0.1, 0.15) is 314 Å². The molecule has 1 aliphatic rings. The molecule has 70 heavy (non-hydrogen) atoms. The number of unbranched alkanes of at least 4 members (excludes halogenated alkanes) is 32. The molecule has 0 radical (unpaired) electrons. The van der Waals surface area contributed by atoms with Crippen LogP contribution in [0.2, 0.25) is 10.8 Å². The number of rotatable bonds is 44. The van der Waals surface area contributed by atoms with E-state index in [1.165, 1.54) is 257 Å². The van der Waals surface area contributed by atoms with E-state index in [9.17, 15) is 5.53 Å². The molecule has 0 saturated carbocycles. The van der Waals surface area contributed by atoms with Crippen molar-refractivity contribution in [3.63, 3.8) is 0 Å². The first kappa shape index (κ1) is 63.7. The summed E-state index contributed by atoms with van der Waals surface area (Å²) in [4.78, 5) is 0. The summed E-state index contributed by atoms with van der Waals surface area (Å²) in [5.41, 5.74) is 21.0. The molecule has 3 heteroatoms. The molecular weight excluding hydrogens is 891 g/mol. The predicted octanol–water partition coefficient (Wildman–Crippen LogP) is 23.2. The van der Waals surface area contributed by atoms with Crippen LogP contribution in [0.3, 0.4) is 0 Å². The molecule has 0 spiro atoms. The number of allylic oxidation sites excluding steroid dienone is 2. The third-order valence-electron chi connectivity index (χ3n) is 14.4. The van der Waals surface area contributed by atoms with Crippen LogP contribution in [-0.4, -0.2) is 4.70 Å². The van der Waals surface area contributed by atoms with Crippen molar-refractivity contribution < 1.29 is 19.1 Å². The zero-order valence-electron chi connectivity index (χ0n) is 47.2. The van der Waals surface area contributed by atoms with Gasteiger partial charge in [0, 0.05) is 23.1 Å². The Bertz CT molecular complexity index is 1650. The van der Waals surface area contributed by atoms with Gasteiger partial charge in [-0.05, 0) is 80.3 Å². The Labute approximate surface area is 443 Å². The molecule has 3 rings (SSSR count). The molecule has 2 aromatic carbocycles. The molecule has 0 fully saturated rings. The van der Waals surface area contributed by atoms with Crippen LogP contribution < -0.4 is 0 Å². The van der Waals surface area contributed by atoms with Crippen molar-refractivity contribution in [3.05, 3.63) is 87.5 Å². The van der Waals surface area contributed by atoms with Gasteiger partial charge in [-0.25, -0.2) is 4.70 Å². The molecule has 0 atom stereocenters. The third kappa shape index (κ3) is 30.6. The summed E-state index contributed by atoms with van der Waals surface area (Å²) in [6, 6.07) is 17.9. The van der Waals surface area contributed by atoms with Gasteiger partial charge in [-0.15, -0.1) is 0 Å². The molecule has 0 aromatic heterocycles. The van der Waals surface area contributed by atoms with Crippen LogP contribution in [0.5, 0.6) is 0 Å². The molecule has 0 saturated heterocycles. The average molecular weight is 1000 g/mol. The van der Waals surface area contributed by atoms with Crippen LogP contribution in [-0.2, 0) is 27.3 Å². The van der Waals surface area contributed by atoms with E-state index in [-0.39, 0.29) is 0 Å². The summed E-state index contributed by atoms with van der Waals surface area (Å²) < 4.78 is 1.49. The topological polar surface area (TPSA) is 25.3 Å². The number of nitrogens with zero attached hydrogens (tertiary/aromatic N) is 2. The normalized spacial score (nSPS) is 12.5. The molecule has 2 aromatic rings. The van der Waals surface area contributed by atoms with E-state index in [1.54, 1.807) is 0 Å². The second-order valence-corrected chi connectivity index (χ2v) is 22.5. The van der Waals surface area contributed by atoms with Crippen LogP contribution in [0.4, 0.5) is 0 Å². The van der Waals surface area contributed by atoms with E-state index >= 15 is 0 Å². The molecular formula is C67H112N2Ni. The van der Waals surface area contributed by atoms with E-state index in [2.05, 4.69) is 102 Å². The maximum absolute atomic E-state index is 12.1. The summed E-state index contributed by atoms with van der Waals surface area (Å²) >= 11 is 1.94. The van der Waals surface area contributed by atoms with Crippen molar-refractivity contribution >= 4 is 11.4 Å². The van der Waals surface area contributed by atoms with Gasteiger partial charge in [0.05, 0.1) is 0 Å². The Morgan fingerprint density at radius 3 is 1.06 bits per heavy atom. The van der Waals surface area contributed by atoms with Gasteiger partial charge in [-0.2, -0.15) is 0 Å². The molecule has 0 aliphatic carbocycles. The van der Waals surface area contributed by atoms with E-state index < -0.39 is 0 Å². The van der Waals surface area contributed by atoms with Crippen molar-refractivity contribution in [2.24, 2.45) is 0 Å². The number of aryl methyl sites for hydroxylation is 2. The summed E-state index contributed by atoms with van der Waals surface area (Å²) in [7, 11) is 0. The van der Waals surface area contributed by atoms with Crippen LogP contribution in [0.15, 0.2) is 59.7 Å². The van der Waals surface area contributed by atoms with E-state index in [0.717, 1.165) is 66.6 Å². The molecule has 0 N–H and O–H groups in total. The predicted molar refractivity (Wildman–Crippen MR) is 309 cm³/mol. The Balaban J connectivity index is 0.00000169. The van der Waals surface area contributed by atoms with Crippen LogP contribution >= 0.6 is 0 Å². The van der Waals surface area contributed by atoms with Gasteiger partial charge in [-0.3, -0.25) is 0 Å². The molecule has 0 unspecified atom stereocenters. The second kappa shape index (κ2) is 46.4. The Morgan fingerprint density at radius 2 is 0.686 bits per heavy atom. The minimum atomic E-state index is 0.864. The standard InChI is InChI=1S/C59H94N2.2C4H9.Ni/c1-5-9-13-15-16-17-18-19-20-21-22-23-24-25-26-27-28-29-30-31-32-33-34-35-37-39-43-57-56(42-38-36-14-10-6-2)58(54-48-44-52(45-49-54)40-11-7-3)61(60)59(57)55-50-46-53(47-51-55)41-12-8-4;2*1-3-4-2;/h44-51H,5-38,40-42H2,1-4H3;2*1,3-4H2,2H3;. The van der Waals surface area contributed by atoms with E-state index in [0.29, 0.717) is 0 Å². The monoisotopic (exact) mass is 1000 g/mol. The number of benzene rings is 2. The zero-order chi connectivity index (χ0) is 50.4. The molecule has 1 heterocycles. The first-order valence-electron chi connectivity index (χ1n) is 30.6. The molecule has 0 amide bonds. The summed E-state index contributed by atoms with van der Waals surface area (Å²) in [6.07, 6.45) is 54.5. The van der Waals surface area contributed by atoms with E-state index in [4.69, 9.17) is 0 Å². The van der Waals surface area contributed by atoms with E-state index in [1.807, 2.05) is 14.4 Å². The SMILES string of the molecule is CCCCCCCCCCCCCCCCCCCCCCCCCCC#CC1=C(c2ccc(CCCC)cc2)[N+](=[N-])C(c2ccc(CCCC)cc2)=C1CCCCCCC.CCC[CH2][Ni][CH2]CCC. The fourth-order valence-electron chi connectivity index (χ4n) is 9.66. The van der Waals surface area contributed by atoms with Crippen molar-refractivity contribution in [2.75, 3.05) is 0 Å². The fourth-order valence-corrected chi connectivity index (χ4v) is 11.1. The second-order valence-electron chi connectivity index (χ2n) is 21.0. The van der Waals surface area contributed by atoms with Gasteiger partial charge in [0.1, 0.15) is 5.57 Å². The quantitative estimate of drug-likeness (QED) is 0.0274. The van der Waals surface area contributed by atoms with Gasteiger partial charge in [-0.1, -0.05) is 250 Å². The third-order valence-corrected chi connectivity index (χ3v) is 15.8. The Hall–Kier alpha value is -2.43. The van der Waals surface area contributed by atoms with Gasteiger partial charge in [0.2, 0.25) is 11.4 Å². The van der Waals surface area contributed by atoms with Crippen molar-refractivity contribution in [1.29, 1.82) is 0 Å². The average Bonchev–Trinajstić information content (AvgIpc) is 3.66. The Morgan fingerprint density at radius 1 is 0.357 bits per heavy atom. The summed E-state index contributed by atoms with van der Waals surface area (Å²) in [5.74, 6) is 7.30. The molecule has 0 bridgehead atoms. The van der Waals surface area contributed by atoms with Gasteiger partial charge >= 0.3 is 64.8 Å². The van der Waals surface area contributed by atoms with Crippen LogP contribution in [0, 0.1) is 11.8 Å². The molecule has 400 valence electrons. The first-order valence-corrected chi connectivity index (χ1v) is 32.0. The van der Waals surface area contributed by atoms with Crippen molar-refractivity contribution in [1.82, 2.24) is 0 Å². The molecule has 2 nitrogen and oxygen atoms in total. The summed E-state index contributed by atoms with van der Waals surface area (Å²) in [5, 5.41) is 2.78. The van der Waals surface area contributed by atoms with Gasteiger partial charge in [0.25, 0.3) is 0 Å². The number of hydrogen-bond donors (Lipinski definition) is 0. The van der Waals surface area contributed by atoms with Gasteiger partial charge < -0.3 is 5.53 Å². The first-order chi connectivity index (χ1) is 34.6. The minimum absolute atomic E-state index is 0.864. The fraction of sp³-hybridized carbons (Fsp3) is 0.731. The van der Waals surface area contributed by atoms with Gasteiger partial charge in [0.15, 0.2) is 0 Å².